The van der Waals surface area contributed by atoms with Crippen LogP contribution in [0, 0.1) is 0 Å². The number of hydrogen-bond donors (Lipinski definition) is 0. The number of para-hydroxylation sites is 2. The van der Waals surface area contributed by atoms with Gasteiger partial charge in [-0.05, 0) is 92.3 Å². The molecule has 0 N–H and O–H groups in total. The predicted octanol–water partition coefficient (Wildman–Crippen LogP) is 8.78. The highest BCUT2D eigenvalue weighted by atomic mass is 79.9. The van der Waals surface area contributed by atoms with Gasteiger partial charge in [0.25, 0.3) is 0 Å². The molecule has 1 fully saturated rings. The Morgan fingerprint density at radius 2 is 1.22 bits per heavy atom. The van der Waals surface area contributed by atoms with Crippen LogP contribution in [0.3, 0.4) is 0 Å². The molecular weight excluding hydrogens is 800 g/mol. The topological polar surface area (TPSA) is 124 Å². The van der Waals surface area contributed by atoms with Gasteiger partial charge in [-0.25, -0.2) is 14.3 Å². The average molecular weight is 844 g/mol. The second-order valence-corrected chi connectivity index (χ2v) is 14.7. The highest BCUT2D eigenvalue weighted by Gasteiger charge is 2.21. The Morgan fingerprint density at radius 3 is 1.72 bits per heavy atom. The van der Waals surface area contributed by atoms with Gasteiger partial charge in [-0.15, -0.1) is 0 Å². The minimum absolute atomic E-state index is 0.0211. The molecule has 0 bridgehead atoms. The summed E-state index contributed by atoms with van der Waals surface area (Å²) < 4.78 is 22.9. The molecule has 8 rings (SSSR count). The third-order valence-electron chi connectivity index (χ3n) is 9.93. The van der Waals surface area contributed by atoms with Gasteiger partial charge in [0.15, 0.2) is 6.23 Å². The molecule has 0 spiro atoms. The molecule has 1 aliphatic rings. The summed E-state index contributed by atoms with van der Waals surface area (Å²) in [7, 11) is 0. The van der Waals surface area contributed by atoms with Crippen LogP contribution >= 0.6 is 15.9 Å². The predicted molar refractivity (Wildman–Crippen MR) is 227 cm³/mol. The van der Waals surface area contributed by atoms with Crippen LogP contribution in [-0.2, 0) is 27.3 Å². The van der Waals surface area contributed by atoms with E-state index in [4.69, 9.17) is 14.2 Å². The highest BCUT2D eigenvalue weighted by Crippen LogP contribution is 2.29. The van der Waals surface area contributed by atoms with Crippen LogP contribution in [0.4, 0.5) is 0 Å². The van der Waals surface area contributed by atoms with E-state index in [9.17, 15) is 19.2 Å². The van der Waals surface area contributed by atoms with Gasteiger partial charge in [0.05, 0.1) is 29.9 Å². The summed E-state index contributed by atoms with van der Waals surface area (Å²) in [6, 6.07) is 32.8. The van der Waals surface area contributed by atoms with Crippen molar-refractivity contribution < 1.29 is 23.8 Å². The fourth-order valence-corrected chi connectivity index (χ4v) is 7.38. The van der Waals surface area contributed by atoms with Gasteiger partial charge in [0, 0.05) is 53.5 Å². The monoisotopic (exact) mass is 842 g/mol. The maximum Gasteiger partial charge on any atom is 0.343 e. The third kappa shape index (κ3) is 8.88. The Kier molecular flexibility index (Phi) is 12.7. The maximum atomic E-state index is 12.9. The fraction of sp³-hybridized carbons (Fsp3) is 0.239. The summed E-state index contributed by atoms with van der Waals surface area (Å²) in [6.45, 7) is 5.74. The molecule has 4 aromatic carbocycles. The molecule has 11 nitrogen and oxygen atoms in total. The molecule has 58 heavy (non-hydrogen) atoms. The van der Waals surface area contributed by atoms with Crippen molar-refractivity contribution in [1.82, 2.24) is 18.9 Å². The lowest BCUT2D eigenvalue weighted by Gasteiger charge is -2.24. The van der Waals surface area contributed by atoms with Gasteiger partial charge in [0.1, 0.15) is 11.1 Å². The SMILES string of the molecule is CCOC(=O)c1cn(Cc2ccc(-c3ccnn3C3CCCCO3)cc2)c2ccccc2c1=O.CCOC(=O)c1cn(Cc2ccc(Br)cc2)c2ccccc2c1=O. The lowest BCUT2D eigenvalue weighted by molar-refractivity contribution is -0.0383. The first kappa shape index (κ1) is 40.1. The number of aromatic nitrogens is 4. The van der Waals surface area contributed by atoms with Crippen LogP contribution in [0.15, 0.2) is 136 Å². The second kappa shape index (κ2) is 18.4. The van der Waals surface area contributed by atoms with Crippen molar-refractivity contribution in [2.45, 2.75) is 52.4 Å². The first-order chi connectivity index (χ1) is 28.2. The van der Waals surface area contributed by atoms with Crippen LogP contribution in [-0.4, -0.2) is 50.7 Å². The van der Waals surface area contributed by atoms with Gasteiger partial charge >= 0.3 is 11.9 Å². The normalized spacial score (nSPS) is 13.8. The largest absolute Gasteiger partial charge is 0.462 e. The van der Waals surface area contributed by atoms with E-state index in [-0.39, 0.29) is 41.4 Å². The number of fused-ring (bicyclic) bond motifs is 2. The quantitative estimate of drug-likeness (QED) is 0.125. The Hall–Kier alpha value is -6.11. The zero-order chi connectivity index (χ0) is 40.6. The summed E-state index contributed by atoms with van der Waals surface area (Å²) >= 11 is 3.42. The first-order valence-electron chi connectivity index (χ1n) is 19.3. The van der Waals surface area contributed by atoms with Gasteiger partial charge in [-0.1, -0.05) is 76.6 Å². The highest BCUT2D eigenvalue weighted by molar-refractivity contribution is 9.10. The second-order valence-electron chi connectivity index (χ2n) is 13.8. The van der Waals surface area contributed by atoms with Crippen LogP contribution in [0.2, 0.25) is 0 Å². The van der Waals surface area contributed by atoms with E-state index in [1.54, 1.807) is 50.5 Å². The number of carbonyl (C=O) groups is 2. The third-order valence-corrected chi connectivity index (χ3v) is 10.5. The fourth-order valence-electron chi connectivity index (χ4n) is 7.11. The molecule has 0 saturated carbocycles. The number of benzene rings is 4. The molecule has 3 aromatic heterocycles. The van der Waals surface area contributed by atoms with Gasteiger partial charge < -0.3 is 23.3 Å². The molecule has 296 valence electrons. The molecule has 1 aliphatic heterocycles. The molecule has 1 saturated heterocycles. The summed E-state index contributed by atoms with van der Waals surface area (Å²) in [5, 5.41) is 5.52. The smallest absolute Gasteiger partial charge is 0.343 e. The zero-order valence-corrected chi connectivity index (χ0v) is 33.9. The molecular formula is C46H43BrN4O7. The number of nitrogens with zero attached hydrogens (tertiary/aromatic N) is 4. The number of carbonyl (C=O) groups excluding carboxylic acids is 2. The average Bonchev–Trinajstić information content (AvgIpc) is 3.75. The van der Waals surface area contributed by atoms with Gasteiger partial charge in [-0.3, -0.25) is 9.59 Å². The van der Waals surface area contributed by atoms with Crippen molar-refractivity contribution in [3.63, 3.8) is 0 Å². The molecule has 0 aliphatic carbocycles. The zero-order valence-electron chi connectivity index (χ0n) is 32.3. The van der Waals surface area contributed by atoms with Crippen molar-refractivity contribution in [2.24, 2.45) is 0 Å². The lowest BCUT2D eigenvalue weighted by atomic mass is 10.1. The summed E-state index contributed by atoms with van der Waals surface area (Å²) in [4.78, 5) is 49.9. The summed E-state index contributed by atoms with van der Waals surface area (Å²) in [5.41, 5.74) is 5.28. The van der Waals surface area contributed by atoms with Crippen LogP contribution in [0.5, 0.6) is 0 Å². The van der Waals surface area contributed by atoms with E-state index in [0.29, 0.717) is 23.9 Å². The van der Waals surface area contributed by atoms with E-state index < -0.39 is 11.9 Å². The van der Waals surface area contributed by atoms with E-state index in [1.165, 1.54) is 0 Å². The van der Waals surface area contributed by atoms with E-state index in [1.807, 2.05) is 74.6 Å². The minimum Gasteiger partial charge on any atom is -0.462 e. The Balaban J connectivity index is 0.000000188. The van der Waals surface area contributed by atoms with Gasteiger partial charge in [-0.2, -0.15) is 5.10 Å². The first-order valence-corrected chi connectivity index (χ1v) is 20.1. The standard InChI is InChI=1S/C27H27N3O4.C19H16BrNO3/c1-2-33-27(32)22-18-29(24-8-4-3-7-21(24)26(22)31)17-19-10-12-20(13-11-19)23-14-15-28-30(23)25-9-5-6-16-34-25;1-2-24-19(23)16-12-21(11-13-7-9-14(20)10-8-13)17-6-4-3-5-15(17)18(16)22/h3-4,7-8,10-15,18,25H,2,5-6,9,16-17H2,1H3;3-10,12H,2,11H2,1H3. The van der Waals surface area contributed by atoms with Crippen molar-refractivity contribution in [3.8, 4) is 11.3 Å². The Bertz CT molecular complexity index is 2680. The van der Waals surface area contributed by atoms with E-state index in [2.05, 4.69) is 45.3 Å². The molecule has 1 atom stereocenters. The summed E-state index contributed by atoms with van der Waals surface area (Å²) in [6.07, 6.45) is 8.19. The molecule has 0 amide bonds. The number of hydrogen-bond acceptors (Lipinski definition) is 8. The van der Waals surface area contributed by atoms with Crippen molar-refractivity contribution in [1.29, 1.82) is 0 Å². The number of rotatable bonds is 10. The Morgan fingerprint density at radius 1 is 0.707 bits per heavy atom. The number of pyridine rings is 2. The molecule has 12 heteroatoms. The number of ether oxygens (including phenoxy) is 3. The lowest BCUT2D eigenvalue weighted by Crippen LogP contribution is -2.21. The van der Waals surface area contributed by atoms with Crippen molar-refractivity contribution in [2.75, 3.05) is 19.8 Å². The minimum atomic E-state index is -0.597. The maximum absolute atomic E-state index is 12.9. The van der Waals surface area contributed by atoms with Crippen molar-refractivity contribution >= 4 is 49.7 Å². The van der Waals surface area contributed by atoms with E-state index in [0.717, 1.165) is 63.8 Å². The van der Waals surface area contributed by atoms with Crippen LogP contribution in [0.1, 0.15) is 71.2 Å². The van der Waals surface area contributed by atoms with Crippen LogP contribution < -0.4 is 10.9 Å². The molecule has 7 aromatic rings. The molecule has 0 radical (unpaired) electrons. The Labute approximate surface area is 343 Å². The molecule has 1 unspecified atom stereocenters. The molecule has 4 heterocycles. The number of halogens is 1. The van der Waals surface area contributed by atoms with Crippen LogP contribution in [0.25, 0.3) is 33.1 Å². The summed E-state index contributed by atoms with van der Waals surface area (Å²) in [5.74, 6) is -1.18. The van der Waals surface area contributed by atoms with E-state index >= 15 is 0 Å². The number of esters is 2. The van der Waals surface area contributed by atoms with Gasteiger partial charge in [0.2, 0.25) is 10.9 Å². The van der Waals surface area contributed by atoms with Crippen molar-refractivity contribution in [3.05, 3.63) is 169 Å².